The van der Waals surface area contributed by atoms with Crippen LogP contribution < -0.4 is 5.73 Å². The number of aromatic hydroxyl groups is 1. The number of halogens is 1. The third-order valence-corrected chi connectivity index (χ3v) is 6.18. The van der Waals surface area contributed by atoms with E-state index in [-0.39, 0.29) is 12.3 Å². The van der Waals surface area contributed by atoms with Gasteiger partial charge in [-0.1, -0.05) is 58.4 Å². The van der Waals surface area contributed by atoms with E-state index in [0.29, 0.717) is 17.7 Å². The van der Waals surface area contributed by atoms with E-state index in [4.69, 9.17) is 15.8 Å². The summed E-state index contributed by atoms with van der Waals surface area (Å²) >= 11 is 3.47. The summed E-state index contributed by atoms with van der Waals surface area (Å²) in [4.78, 5) is 18.9. The van der Waals surface area contributed by atoms with Crippen LogP contribution in [0.2, 0.25) is 0 Å². The third-order valence-electron chi connectivity index (χ3n) is 5.68. The fraction of sp³-hybridized carbons (Fsp3) is 0.185. The Hall–Kier alpha value is -3.42. The van der Waals surface area contributed by atoms with Crippen LogP contribution in [-0.4, -0.2) is 26.9 Å². The highest BCUT2D eigenvalue weighted by molar-refractivity contribution is 9.10. The van der Waals surface area contributed by atoms with Gasteiger partial charge in [-0.2, -0.15) is 0 Å². The minimum atomic E-state index is -0.828. The van der Waals surface area contributed by atoms with Crippen molar-refractivity contribution in [2.45, 2.75) is 32.2 Å². The summed E-state index contributed by atoms with van der Waals surface area (Å²) in [6.45, 7) is 3.90. The summed E-state index contributed by atoms with van der Waals surface area (Å²) in [5.74, 6) is -0.799. The summed E-state index contributed by atoms with van der Waals surface area (Å²) < 4.78 is 0.897. The van der Waals surface area contributed by atoms with Gasteiger partial charge in [-0.05, 0) is 55.7 Å². The Morgan fingerprint density at radius 2 is 1.74 bits per heavy atom. The van der Waals surface area contributed by atoms with Crippen LogP contribution in [0.3, 0.4) is 0 Å². The van der Waals surface area contributed by atoms with Gasteiger partial charge < -0.3 is 20.9 Å². The van der Waals surface area contributed by atoms with Crippen LogP contribution in [0, 0.1) is 0 Å². The van der Waals surface area contributed by atoms with Gasteiger partial charge in [-0.15, -0.1) is 0 Å². The van der Waals surface area contributed by atoms with Crippen molar-refractivity contribution in [3.05, 3.63) is 93.5 Å². The molecule has 0 saturated heterocycles. The highest BCUT2D eigenvalue weighted by atomic mass is 79.9. The standard InChI is InChI=1S/C27H26BrN3O3/c1-27(2,29)18-8-11-20(12-9-18)30-25(17-6-3-16(4-7-17)5-14-23(32)33)24-21-13-10-19(28)15-22(21)31-26(24)34/h3-4,6-13,15,31,34H,5,14,29H2,1-2H3,(H,32,33). The number of aromatic nitrogens is 1. The van der Waals surface area contributed by atoms with E-state index in [1.54, 1.807) is 0 Å². The lowest BCUT2D eigenvalue weighted by Gasteiger charge is -2.19. The van der Waals surface area contributed by atoms with E-state index in [2.05, 4.69) is 20.9 Å². The Labute approximate surface area is 206 Å². The molecule has 0 aliphatic heterocycles. The zero-order valence-corrected chi connectivity index (χ0v) is 20.6. The van der Waals surface area contributed by atoms with Crippen LogP contribution in [0.15, 0.2) is 76.2 Å². The molecule has 0 fully saturated rings. The Morgan fingerprint density at radius 3 is 2.35 bits per heavy atom. The summed E-state index contributed by atoms with van der Waals surface area (Å²) in [6, 6.07) is 21.1. The number of hydrogen-bond donors (Lipinski definition) is 4. The maximum absolute atomic E-state index is 10.9. The van der Waals surface area contributed by atoms with Crippen LogP contribution in [0.4, 0.5) is 5.69 Å². The molecule has 174 valence electrons. The summed E-state index contributed by atoms with van der Waals surface area (Å²) in [5.41, 5.74) is 11.2. The molecule has 0 bridgehead atoms. The van der Waals surface area contributed by atoms with Gasteiger partial charge in [0.2, 0.25) is 0 Å². The molecule has 34 heavy (non-hydrogen) atoms. The number of nitrogens with zero attached hydrogens (tertiary/aromatic N) is 1. The first-order chi connectivity index (χ1) is 16.1. The lowest BCUT2D eigenvalue weighted by molar-refractivity contribution is -0.136. The van der Waals surface area contributed by atoms with Crippen molar-refractivity contribution < 1.29 is 15.0 Å². The van der Waals surface area contributed by atoms with Crippen molar-refractivity contribution in [2.24, 2.45) is 10.7 Å². The topological polar surface area (TPSA) is 112 Å². The van der Waals surface area contributed by atoms with Gasteiger partial charge in [-0.25, -0.2) is 4.99 Å². The molecule has 0 atom stereocenters. The summed E-state index contributed by atoms with van der Waals surface area (Å²) in [6.07, 6.45) is 0.521. The van der Waals surface area contributed by atoms with Crippen molar-refractivity contribution >= 4 is 44.2 Å². The molecule has 0 saturated carbocycles. The second-order valence-corrected chi connectivity index (χ2v) is 9.77. The van der Waals surface area contributed by atoms with Crippen LogP contribution in [-0.2, 0) is 16.8 Å². The van der Waals surface area contributed by atoms with E-state index in [1.807, 2.05) is 80.6 Å². The van der Waals surface area contributed by atoms with Crippen molar-refractivity contribution in [3.8, 4) is 5.88 Å². The quantitative estimate of drug-likeness (QED) is 0.224. The van der Waals surface area contributed by atoms with E-state index < -0.39 is 11.5 Å². The Kier molecular flexibility index (Phi) is 6.59. The van der Waals surface area contributed by atoms with Gasteiger partial charge >= 0.3 is 5.97 Å². The van der Waals surface area contributed by atoms with Gasteiger partial charge in [-0.3, -0.25) is 4.79 Å². The molecule has 3 aromatic carbocycles. The molecule has 5 N–H and O–H groups in total. The Balaban J connectivity index is 1.83. The molecule has 7 heteroatoms. The molecular weight excluding hydrogens is 494 g/mol. The largest absolute Gasteiger partial charge is 0.494 e. The molecule has 0 unspecified atom stereocenters. The number of H-pyrrole nitrogens is 1. The number of rotatable bonds is 7. The number of aromatic amines is 1. The Morgan fingerprint density at radius 1 is 1.06 bits per heavy atom. The van der Waals surface area contributed by atoms with Gasteiger partial charge in [0.15, 0.2) is 5.88 Å². The molecule has 0 spiro atoms. The number of benzene rings is 3. The number of carbonyl (C=O) groups is 1. The molecule has 0 aliphatic carbocycles. The number of nitrogens with two attached hydrogens (primary N) is 1. The van der Waals surface area contributed by atoms with Crippen molar-refractivity contribution in [1.29, 1.82) is 0 Å². The molecule has 0 amide bonds. The first-order valence-corrected chi connectivity index (χ1v) is 11.7. The molecule has 6 nitrogen and oxygen atoms in total. The molecule has 1 aromatic heterocycles. The molecular formula is C27H26BrN3O3. The van der Waals surface area contributed by atoms with Crippen molar-refractivity contribution in [2.75, 3.05) is 0 Å². The van der Waals surface area contributed by atoms with Crippen molar-refractivity contribution in [3.63, 3.8) is 0 Å². The number of aliphatic carboxylic acids is 1. The molecule has 4 aromatic rings. The van der Waals surface area contributed by atoms with E-state index in [9.17, 15) is 9.90 Å². The highest BCUT2D eigenvalue weighted by Crippen LogP contribution is 2.33. The number of fused-ring (bicyclic) bond motifs is 1. The van der Waals surface area contributed by atoms with Gasteiger partial charge in [0.25, 0.3) is 0 Å². The minimum absolute atomic E-state index is 0.0292. The van der Waals surface area contributed by atoms with Crippen LogP contribution in [0.1, 0.15) is 42.5 Å². The predicted octanol–water partition coefficient (Wildman–Crippen LogP) is 6.02. The summed E-state index contributed by atoms with van der Waals surface area (Å²) in [5, 5.41) is 20.7. The lowest BCUT2D eigenvalue weighted by Crippen LogP contribution is -2.28. The van der Waals surface area contributed by atoms with E-state index in [0.717, 1.165) is 37.8 Å². The van der Waals surface area contributed by atoms with Crippen LogP contribution >= 0.6 is 15.9 Å². The number of nitrogens with one attached hydrogen (secondary N) is 1. The fourth-order valence-electron chi connectivity index (χ4n) is 3.84. The zero-order chi connectivity index (χ0) is 24.5. The molecule has 4 rings (SSSR count). The molecule has 1 heterocycles. The monoisotopic (exact) mass is 519 g/mol. The van der Waals surface area contributed by atoms with E-state index >= 15 is 0 Å². The summed E-state index contributed by atoms with van der Waals surface area (Å²) in [7, 11) is 0. The first kappa shape index (κ1) is 23.7. The average Bonchev–Trinajstić information content (AvgIpc) is 3.10. The third kappa shape index (κ3) is 5.21. The first-order valence-electron chi connectivity index (χ1n) is 10.9. The molecule has 0 radical (unpaired) electrons. The van der Waals surface area contributed by atoms with Crippen molar-refractivity contribution in [1.82, 2.24) is 4.98 Å². The van der Waals surface area contributed by atoms with E-state index in [1.165, 1.54) is 0 Å². The second kappa shape index (κ2) is 9.44. The van der Waals surface area contributed by atoms with Gasteiger partial charge in [0.05, 0.1) is 22.5 Å². The minimum Gasteiger partial charge on any atom is -0.494 e. The van der Waals surface area contributed by atoms with Gasteiger partial charge in [0.1, 0.15) is 0 Å². The average molecular weight is 520 g/mol. The normalized spacial score (nSPS) is 12.3. The Bertz CT molecular complexity index is 1370. The number of aliphatic imine (C=N–C) groups is 1. The van der Waals surface area contributed by atoms with Crippen LogP contribution in [0.25, 0.3) is 10.9 Å². The highest BCUT2D eigenvalue weighted by Gasteiger charge is 2.19. The van der Waals surface area contributed by atoms with Crippen LogP contribution in [0.5, 0.6) is 5.88 Å². The number of carboxylic acid groups (broad SMARTS) is 1. The number of hydrogen-bond acceptors (Lipinski definition) is 4. The predicted molar refractivity (Wildman–Crippen MR) is 139 cm³/mol. The van der Waals surface area contributed by atoms with Gasteiger partial charge in [0, 0.05) is 27.4 Å². The second-order valence-electron chi connectivity index (χ2n) is 8.86. The SMILES string of the molecule is CC(C)(N)c1ccc(N=C(c2ccc(CCC(=O)O)cc2)c2c(O)[nH]c3cc(Br)ccc23)cc1. The molecule has 0 aliphatic rings. The lowest BCUT2D eigenvalue weighted by atomic mass is 9.95. The fourth-order valence-corrected chi connectivity index (χ4v) is 4.20. The zero-order valence-electron chi connectivity index (χ0n) is 19.0. The smallest absolute Gasteiger partial charge is 0.303 e. The number of aryl methyl sites for hydroxylation is 1. The maximum atomic E-state index is 10.9. The number of carboxylic acids is 1. The maximum Gasteiger partial charge on any atom is 0.303 e.